The first-order chi connectivity index (χ1) is 17.3. The molecule has 12 heteroatoms. The molecular weight excluding hydrogens is 475 g/mol. The Morgan fingerprint density at radius 2 is 1.89 bits per heavy atom. The van der Waals surface area contributed by atoms with Gasteiger partial charge in [0.05, 0.1) is 0 Å². The van der Waals surface area contributed by atoms with Crippen LogP contribution in [0.5, 0.6) is 0 Å². The van der Waals surface area contributed by atoms with E-state index >= 15 is 0 Å². The van der Waals surface area contributed by atoms with Crippen molar-refractivity contribution in [1.82, 2.24) is 20.2 Å². The number of hydrogen-bond donors (Lipinski definition) is 3. The van der Waals surface area contributed by atoms with Gasteiger partial charge in [-0.15, -0.1) is 0 Å². The van der Waals surface area contributed by atoms with Crippen LogP contribution >= 0.6 is 0 Å². The predicted octanol–water partition coefficient (Wildman–Crippen LogP) is 2.10. The Hall–Kier alpha value is -3.67. The molecule has 1 aliphatic carbocycles. The van der Waals surface area contributed by atoms with Gasteiger partial charge in [-0.2, -0.15) is 9.49 Å². The summed E-state index contributed by atoms with van der Waals surface area (Å²) in [7, 11) is 0. The third kappa shape index (κ3) is 7.41. The number of benzene rings is 1. The van der Waals surface area contributed by atoms with Crippen molar-refractivity contribution in [3.8, 4) is 0 Å². The molecule has 0 bridgehead atoms. The lowest BCUT2D eigenvalue weighted by molar-refractivity contribution is -0.138. The maximum atomic E-state index is 12.8. The number of amidine groups is 1. The van der Waals surface area contributed by atoms with Gasteiger partial charge in [0.2, 0.25) is 23.6 Å². The lowest BCUT2D eigenvalue weighted by Gasteiger charge is -2.27. The maximum Gasteiger partial charge on any atom is 0.298 e. The van der Waals surface area contributed by atoms with Crippen molar-refractivity contribution in [1.29, 1.82) is 0 Å². The van der Waals surface area contributed by atoms with Crippen LogP contribution in [0.3, 0.4) is 0 Å². The molecule has 2 aliphatic rings. The van der Waals surface area contributed by atoms with Crippen LogP contribution in [0.4, 0.5) is 13.2 Å². The molecule has 0 radical (unpaired) electrons. The number of alkyl halides is 2. The molecule has 2 fully saturated rings. The summed E-state index contributed by atoms with van der Waals surface area (Å²) in [5.41, 5.74) is 1.73. The van der Waals surface area contributed by atoms with Crippen LogP contribution in [0.15, 0.2) is 53.8 Å². The molecule has 1 unspecified atom stereocenters. The Bertz CT molecular complexity index is 1050. The van der Waals surface area contributed by atoms with Gasteiger partial charge in [0.15, 0.2) is 0 Å². The number of nitrogens with zero attached hydrogens (tertiary/aromatic N) is 4. The fourth-order valence-electron chi connectivity index (χ4n) is 3.91. The van der Waals surface area contributed by atoms with Crippen LogP contribution in [-0.2, 0) is 16.1 Å². The molecule has 0 spiro atoms. The van der Waals surface area contributed by atoms with Gasteiger partial charge >= 0.3 is 0 Å². The van der Waals surface area contributed by atoms with E-state index in [1.807, 2.05) is 36.4 Å². The first-order valence-electron chi connectivity index (χ1n) is 11.6. The minimum Gasteiger partial charge on any atom is -0.350 e. The van der Waals surface area contributed by atoms with E-state index in [4.69, 9.17) is 11.7 Å². The number of likely N-dealkylation sites (tertiary alicyclic amines) is 1. The molecule has 4 rings (SSSR count). The van der Waals surface area contributed by atoms with Crippen LogP contribution in [0.1, 0.15) is 42.7 Å². The summed E-state index contributed by atoms with van der Waals surface area (Å²) in [6, 6.07) is 12.3. The number of carbonyl (C=O) groups is 2. The summed E-state index contributed by atoms with van der Waals surface area (Å²) in [5.74, 6) is 8.79. The minimum atomic E-state index is -3.00. The molecule has 194 valence electrons. The zero-order valence-electron chi connectivity index (χ0n) is 19.7. The largest absolute Gasteiger partial charge is 0.350 e. The highest BCUT2D eigenvalue weighted by Crippen LogP contribution is 2.40. The average molecular weight is 506 g/mol. The summed E-state index contributed by atoms with van der Waals surface area (Å²) in [6.07, 6.45) is 1.89. The molecule has 1 aliphatic heterocycles. The van der Waals surface area contributed by atoms with Gasteiger partial charge < -0.3 is 16.1 Å². The van der Waals surface area contributed by atoms with Crippen molar-refractivity contribution in [3.63, 3.8) is 0 Å². The fourth-order valence-corrected chi connectivity index (χ4v) is 3.91. The third-order valence-corrected chi connectivity index (χ3v) is 5.92. The number of pyridine rings is 1. The smallest absolute Gasteiger partial charge is 0.298 e. The molecule has 36 heavy (non-hydrogen) atoms. The number of aromatic nitrogens is 1. The number of amides is 2. The topological polar surface area (TPSA) is 130 Å². The third-order valence-electron chi connectivity index (χ3n) is 5.92. The van der Waals surface area contributed by atoms with Gasteiger partial charge in [-0.05, 0) is 43.2 Å². The van der Waals surface area contributed by atoms with Crippen molar-refractivity contribution in [2.24, 2.45) is 16.8 Å². The quantitative estimate of drug-likeness (QED) is 0.174. The lowest BCUT2D eigenvalue weighted by atomic mass is 10.2. The molecule has 1 atom stereocenters. The summed E-state index contributed by atoms with van der Waals surface area (Å²) in [4.78, 5) is 29.7. The highest BCUT2D eigenvalue weighted by Gasteiger charge is 2.35. The molecule has 1 aromatic heterocycles. The summed E-state index contributed by atoms with van der Waals surface area (Å²) in [6.45, 7) is 0.166. The van der Waals surface area contributed by atoms with Crippen molar-refractivity contribution in [2.45, 2.75) is 50.6 Å². The normalized spacial score (nSPS) is 17.4. The summed E-state index contributed by atoms with van der Waals surface area (Å²) in [5, 5.41) is 6.20. The summed E-state index contributed by atoms with van der Waals surface area (Å²) >= 11 is 0. The Morgan fingerprint density at radius 3 is 2.50 bits per heavy atom. The Labute approximate surface area is 207 Å². The fraction of sp³-hybridized carbons (Fsp3) is 0.417. The van der Waals surface area contributed by atoms with Gasteiger partial charge in [0.1, 0.15) is 12.6 Å². The molecule has 5 N–H and O–H groups in total. The van der Waals surface area contributed by atoms with E-state index in [1.165, 1.54) is 11.1 Å². The molecule has 2 aromatic rings. The molecule has 9 nitrogen and oxygen atoms in total. The van der Waals surface area contributed by atoms with E-state index in [1.54, 1.807) is 6.07 Å². The second kappa shape index (κ2) is 12.9. The van der Waals surface area contributed by atoms with E-state index in [0.717, 1.165) is 24.0 Å². The highest BCUT2D eigenvalue weighted by atomic mass is 19.3. The van der Waals surface area contributed by atoms with Gasteiger partial charge in [-0.3, -0.25) is 14.6 Å². The highest BCUT2D eigenvalue weighted by molar-refractivity contribution is 5.92. The minimum absolute atomic E-state index is 0.287. The molecule has 2 heterocycles. The monoisotopic (exact) mass is 505 g/mol. The first-order valence-corrected chi connectivity index (χ1v) is 11.6. The Balaban J connectivity index is 0.000000297. The van der Waals surface area contributed by atoms with Crippen molar-refractivity contribution in [2.75, 3.05) is 13.1 Å². The van der Waals surface area contributed by atoms with E-state index in [0.29, 0.717) is 36.9 Å². The number of hydrogen-bond acceptors (Lipinski definition) is 6. The van der Waals surface area contributed by atoms with Crippen molar-refractivity contribution >= 4 is 17.6 Å². The number of carbonyl (C=O) groups excluding carboxylic acids is 2. The van der Waals surface area contributed by atoms with E-state index in [9.17, 15) is 22.8 Å². The van der Waals surface area contributed by atoms with Gasteiger partial charge in [-0.25, -0.2) is 19.6 Å². The SMILES string of the molecule is Fc1ncccc1C1CC1.N/N=C(/C(F)F)N(N)CC(=O)N1CCCC1C(=O)NCc1ccccc1. The zero-order valence-corrected chi connectivity index (χ0v) is 19.7. The van der Waals surface area contributed by atoms with E-state index in [-0.39, 0.29) is 11.9 Å². The Kier molecular flexibility index (Phi) is 9.62. The van der Waals surface area contributed by atoms with Gasteiger partial charge in [-0.1, -0.05) is 36.4 Å². The average Bonchev–Trinajstić information content (AvgIpc) is 3.58. The maximum absolute atomic E-state index is 12.8. The number of rotatable bonds is 7. The van der Waals surface area contributed by atoms with Crippen molar-refractivity contribution in [3.05, 3.63) is 65.7 Å². The molecule has 1 saturated heterocycles. The lowest BCUT2D eigenvalue weighted by Crippen LogP contribution is -2.52. The van der Waals surface area contributed by atoms with E-state index in [2.05, 4.69) is 15.4 Å². The summed E-state index contributed by atoms with van der Waals surface area (Å²) < 4.78 is 38.2. The second-order valence-electron chi connectivity index (χ2n) is 8.52. The Morgan fingerprint density at radius 1 is 1.17 bits per heavy atom. The van der Waals surface area contributed by atoms with Crippen LogP contribution in [0.2, 0.25) is 0 Å². The van der Waals surface area contributed by atoms with Crippen molar-refractivity contribution < 1.29 is 22.8 Å². The zero-order chi connectivity index (χ0) is 26.1. The van der Waals surface area contributed by atoms with Crippen LogP contribution in [0, 0.1) is 5.95 Å². The number of nitrogens with two attached hydrogens (primary N) is 2. The van der Waals surface area contributed by atoms with Gasteiger partial charge in [0, 0.05) is 24.8 Å². The number of halogens is 3. The number of hydrazone groups is 1. The first kappa shape index (κ1) is 26.9. The number of nitrogens with one attached hydrogen (secondary N) is 1. The number of hydrazine groups is 1. The molecule has 1 aromatic carbocycles. The van der Waals surface area contributed by atoms with Gasteiger partial charge in [0.25, 0.3) is 6.43 Å². The standard InChI is InChI=1S/C16H22F2N6O2.C8H8FN/c17-14(18)15(22-19)24(20)10-13(25)23-8-4-7-12(23)16(26)21-9-11-5-2-1-3-6-11;9-8-7(6-3-4-6)2-1-5-10-8/h1-3,5-6,12,14H,4,7-10,19-20H2,(H,21,26);1-2,5-6H,3-4H2/b22-15-;. The van der Waals surface area contributed by atoms with Crippen LogP contribution in [-0.4, -0.2) is 58.1 Å². The molecular formula is C24H30F3N7O2. The second-order valence-corrected chi connectivity index (χ2v) is 8.52. The predicted molar refractivity (Wildman–Crippen MR) is 128 cm³/mol. The van der Waals surface area contributed by atoms with Crippen LogP contribution in [0.25, 0.3) is 0 Å². The van der Waals surface area contributed by atoms with E-state index < -0.39 is 30.8 Å². The van der Waals surface area contributed by atoms with Crippen LogP contribution < -0.4 is 17.0 Å². The molecule has 2 amide bonds. The molecule has 1 saturated carbocycles.